The molecular weight excluding hydrogens is 404 g/mol. The predicted molar refractivity (Wildman–Crippen MR) is 126 cm³/mol. The summed E-state index contributed by atoms with van der Waals surface area (Å²) >= 11 is 0. The van der Waals surface area contributed by atoms with E-state index in [9.17, 15) is 20.0 Å². The van der Waals surface area contributed by atoms with Crippen LogP contribution in [0.3, 0.4) is 0 Å². The van der Waals surface area contributed by atoms with Crippen molar-refractivity contribution in [1.82, 2.24) is 4.98 Å². The summed E-state index contributed by atoms with van der Waals surface area (Å²) < 4.78 is 0. The Hall–Kier alpha value is -3.54. The maximum atomic E-state index is 12.4. The Labute approximate surface area is 186 Å². The topological polar surface area (TPSA) is 93.3 Å². The van der Waals surface area contributed by atoms with Crippen molar-refractivity contribution in [3.05, 3.63) is 81.0 Å². The fraction of sp³-hybridized carbons (Fsp3) is 0.308. The van der Waals surface area contributed by atoms with Crippen LogP contribution in [0.4, 0.5) is 5.69 Å². The molecule has 0 spiro atoms. The zero-order chi connectivity index (χ0) is 23.0. The summed E-state index contributed by atoms with van der Waals surface area (Å²) in [4.78, 5) is 28.4. The summed E-state index contributed by atoms with van der Waals surface area (Å²) in [5.74, 6) is -0.782. The Morgan fingerprint density at radius 1 is 1.19 bits per heavy atom. The first-order valence-electron chi connectivity index (χ1n) is 10.8. The Kier molecular flexibility index (Phi) is 5.55. The molecule has 1 aliphatic carbocycles. The average molecular weight is 431 g/mol. The largest absolute Gasteiger partial charge is 0.478 e. The van der Waals surface area contributed by atoms with Crippen molar-refractivity contribution in [2.24, 2.45) is 11.3 Å². The summed E-state index contributed by atoms with van der Waals surface area (Å²) in [6, 6.07) is 13.9. The molecule has 1 N–H and O–H groups in total. The Morgan fingerprint density at radius 2 is 1.88 bits per heavy atom. The van der Waals surface area contributed by atoms with E-state index in [0.29, 0.717) is 35.0 Å². The SMILES string of the molecule is CCC(C)(C)C1C/C(=C\c2ccccc2[N+](=O)[O-])c2nc3ccccc3c(C(=O)O)c2C1. The molecule has 0 fully saturated rings. The number of aromatic nitrogens is 1. The van der Waals surface area contributed by atoms with E-state index >= 15 is 0 Å². The van der Waals surface area contributed by atoms with Crippen LogP contribution in [0.15, 0.2) is 48.5 Å². The number of nitrogens with zero attached hydrogens (tertiary/aromatic N) is 2. The number of nitro benzene ring substituents is 1. The summed E-state index contributed by atoms with van der Waals surface area (Å²) in [5.41, 5.74) is 3.61. The van der Waals surface area contributed by atoms with Gasteiger partial charge in [0.1, 0.15) is 0 Å². The van der Waals surface area contributed by atoms with Gasteiger partial charge in [0, 0.05) is 11.5 Å². The molecule has 1 atom stereocenters. The van der Waals surface area contributed by atoms with E-state index in [0.717, 1.165) is 17.6 Å². The minimum Gasteiger partial charge on any atom is -0.478 e. The average Bonchev–Trinajstić information content (AvgIpc) is 2.77. The van der Waals surface area contributed by atoms with Crippen molar-refractivity contribution < 1.29 is 14.8 Å². The van der Waals surface area contributed by atoms with Gasteiger partial charge in [-0.05, 0) is 53.5 Å². The van der Waals surface area contributed by atoms with E-state index in [4.69, 9.17) is 4.98 Å². The third-order valence-corrected chi connectivity index (χ3v) is 6.91. The van der Waals surface area contributed by atoms with Gasteiger partial charge in [-0.3, -0.25) is 10.1 Å². The summed E-state index contributed by atoms with van der Waals surface area (Å²) in [5, 5.41) is 22.3. The lowest BCUT2D eigenvalue weighted by molar-refractivity contribution is -0.385. The molecule has 0 aliphatic heterocycles. The lowest BCUT2D eigenvalue weighted by Crippen LogP contribution is -2.30. The molecular formula is C26H26N2O4. The van der Waals surface area contributed by atoms with Crippen molar-refractivity contribution in [3.63, 3.8) is 0 Å². The molecule has 4 rings (SSSR count). The number of fused-ring (bicyclic) bond motifs is 2. The van der Waals surface area contributed by atoms with Crippen molar-refractivity contribution in [1.29, 1.82) is 0 Å². The first-order chi connectivity index (χ1) is 15.2. The number of aromatic carboxylic acids is 1. The number of nitro groups is 1. The standard InChI is InChI=1S/C26H26N2O4/c1-4-26(2,3)18-14-17(13-16-9-5-8-12-22(16)28(31)32)24-20(15-18)23(25(29)30)19-10-6-7-11-21(19)27-24/h5-13,18H,4,14-15H2,1-3H3,(H,29,30)/b17-13+. The number of benzene rings is 2. The van der Waals surface area contributed by atoms with E-state index in [1.807, 2.05) is 24.3 Å². The molecule has 32 heavy (non-hydrogen) atoms. The van der Waals surface area contributed by atoms with Gasteiger partial charge in [0.25, 0.3) is 5.69 Å². The quantitative estimate of drug-likeness (QED) is 0.374. The van der Waals surface area contributed by atoms with Crippen LogP contribution in [-0.4, -0.2) is 21.0 Å². The molecule has 6 nitrogen and oxygen atoms in total. The second kappa shape index (κ2) is 8.19. The highest BCUT2D eigenvalue weighted by atomic mass is 16.6. The van der Waals surface area contributed by atoms with Gasteiger partial charge in [-0.15, -0.1) is 0 Å². The Bertz CT molecular complexity index is 1260. The third kappa shape index (κ3) is 3.77. The Balaban J connectivity index is 2.02. The van der Waals surface area contributed by atoms with Crippen molar-refractivity contribution in [2.45, 2.75) is 40.0 Å². The summed E-state index contributed by atoms with van der Waals surface area (Å²) in [7, 11) is 0. The van der Waals surface area contributed by atoms with Crippen LogP contribution in [0.1, 0.15) is 60.8 Å². The number of hydrogen-bond donors (Lipinski definition) is 1. The zero-order valence-corrected chi connectivity index (χ0v) is 18.5. The molecule has 1 heterocycles. The number of hydrogen-bond acceptors (Lipinski definition) is 4. The van der Waals surface area contributed by atoms with Gasteiger partial charge in [-0.2, -0.15) is 0 Å². The first kappa shape index (κ1) is 21.7. The molecule has 0 saturated carbocycles. The summed E-state index contributed by atoms with van der Waals surface area (Å²) in [6.07, 6.45) is 4.06. The van der Waals surface area contributed by atoms with E-state index < -0.39 is 5.97 Å². The normalized spacial score (nSPS) is 17.3. The van der Waals surface area contributed by atoms with Crippen LogP contribution in [0.25, 0.3) is 22.6 Å². The van der Waals surface area contributed by atoms with Gasteiger partial charge in [-0.25, -0.2) is 9.78 Å². The maximum absolute atomic E-state index is 12.4. The van der Waals surface area contributed by atoms with Crippen LogP contribution in [0.5, 0.6) is 0 Å². The van der Waals surface area contributed by atoms with Crippen molar-refractivity contribution in [2.75, 3.05) is 0 Å². The minimum absolute atomic E-state index is 0.0256. The van der Waals surface area contributed by atoms with Gasteiger partial charge >= 0.3 is 5.97 Å². The highest BCUT2D eigenvalue weighted by molar-refractivity contribution is 6.06. The number of pyridine rings is 1. The highest BCUT2D eigenvalue weighted by Gasteiger charge is 2.36. The van der Waals surface area contributed by atoms with Crippen molar-refractivity contribution in [3.8, 4) is 0 Å². The molecule has 0 radical (unpaired) electrons. The minimum atomic E-state index is -0.972. The van der Waals surface area contributed by atoms with E-state index in [2.05, 4.69) is 20.8 Å². The molecule has 6 heteroatoms. The molecule has 1 unspecified atom stereocenters. The maximum Gasteiger partial charge on any atom is 0.336 e. The number of allylic oxidation sites excluding steroid dienone is 1. The molecule has 1 aliphatic rings. The number of carbonyl (C=O) groups is 1. The fourth-order valence-corrected chi connectivity index (χ4v) is 4.57. The third-order valence-electron chi connectivity index (χ3n) is 6.91. The highest BCUT2D eigenvalue weighted by Crippen LogP contribution is 2.46. The molecule has 164 valence electrons. The van der Waals surface area contributed by atoms with Gasteiger partial charge < -0.3 is 5.11 Å². The first-order valence-corrected chi connectivity index (χ1v) is 10.8. The lowest BCUT2D eigenvalue weighted by atomic mass is 9.67. The molecule has 0 bridgehead atoms. The van der Waals surface area contributed by atoms with E-state index in [-0.39, 0.29) is 27.5 Å². The molecule has 1 aromatic heterocycles. The van der Waals surface area contributed by atoms with Crippen LogP contribution in [0.2, 0.25) is 0 Å². The molecule has 3 aromatic rings. The predicted octanol–water partition coefficient (Wildman–Crippen LogP) is 6.38. The molecule has 0 amide bonds. The van der Waals surface area contributed by atoms with Crippen LogP contribution in [-0.2, 0) is 6.42 Å². The van der Waals surface area contributed by atoms with Gasteiger partial charge in [0.05, 0.1) is 27.3 Å². The van der Waals surface area contributed by atoms with Crippen molar-refractivity contribution >= 4 is 34.2 Å². The lowest BCUT2D eigenvalue weighted by Gasteiger charge is -2.38. The van der Waals surface area contributed by atoms with Crippen LogP contribution >= 0.6 is 0 Å². The van der Waals surface area contributed by atoms with Gasteiger partial charge in [-0.1, -0.05) is 57.5 Å². The molecule has 0 saturated heterocycles. The second-order valence-electron chi connectivity index (χ2n) is 9.07. The molecule has 2 aromatic carbocycles. The number of rotatable bonds is 5. The Morgan fingerprint density at radius 3 is 2.56 bits per heavy atom. The number of carboxylic acids is 1. The van der Waals surface area contributed by atoms with Gasteiger partial charge in [0.15, 0.2) is 0 Å². The van der Waals surface area contributed by atoms with E-state index in [1.54, 1.807) is 24.3 Å². The second-order valence-corrected chi connectivity index (χ2v) is 9.07. The zero-order valence-electron chi connectivity index (χ0n) is 18.5. The van der Waals surface area contributed by atoms with Gasteiger partial charge in [0.2, 0.25) is 0 Å². The smallest absolute Gasteiger partial charge is 0.336 e. The monoisotopic (exact) mass is 430 g/mol. The number of carboxylic acid groups (broad SMARTS) is 1. The summed E-state index contributed by atoms with van der Waals surface area (Å²) in [6.45, 7) is 6.53. The fourth-order valence-electron chi connectivity index (χ4n) is 4.57. The van der Waals surface area contributed by atoms with E-state index in [1.165, 1.54) is 6.07 Å². The number of para-hydroxylation sites is 2. The van der Waals surface area contributed by atoms with Crippen LogP contribution < -0.4 is 0 Å². The van der Waals surface area contributed by atoms with Crippen LogP contribution in [0, 0.1) is 21.4 Å².